The zero-order valence-electron chi connectivity index (χ0n) is 32.0. The van der Waals surface area contributed by atoms with Crippen molar-refractivity contribution in [3.05, 3.63) is 77.7 Å². The Bertz CT molecular complexity index is 1810. The van der Waals surface area contributed by atoms with E-state index in [9.17, 15) is 9.90 Å². The number of rotatable bonds is 9. The zero-order valence-corrected chi connectivity index (χ0v) is 34.4. The third kappa shape index (κ3) is 8.84. The van der Waals surface area contributed by atoms with Crippen LogP contribution in [0.4, 0.5) is 0 Å². The average Bonchev–Trinajstić information content (AvgIpc) is 3.04. The van der Waals surface area contributed by atoms with Crippen LogP contribution in [-0.2, 0) is 37.7 Å². The zero-order chi connectivity index (χ0) is 35.7. The van der Waals surface area contributed by atoms with Gasteiger partial charge < -0.3 is 9.84 Å². The summed E-state index contributed by atoms with van der Waals surface area (Å²) in [6, 6.07) is 18.7. The van der Waals surface area contributed by atoms with Crippen LogP contribution in [0.1, 0.15) is 120 Å². The fourth-order valence-electron chi connectivity index (χ4n) is 6.39. The summed E-state index contributed by atoms with van der Waals surface area (Å²) in [7, 11) is 0. The number of aliphatic hydroxyl groups excluding tert-OH is 1. The molecular weight excluding hydrogens is 783 g/mol. The third-order valence-electron chi connectivity index (χ3n) is 10.5. The molecule has 2 heterocycles. The van der Waals surface area contributed by atoms with E-state index in [0.29, 0.717) is 0 Å². The van der Waals surface area contributed by atoms with E-state index < -0.39 is 0 Å². The molecule has 0 aliphatic carbocycles. The standard InChI is InChI=1S/C29H30NO.C15H28O2.Ir/c1-28(2,3)16-20-12-11-18-13-14-30-25-22-15-19-9-7-8-10-21(19)23(17-29(4,5)6)27(22)31-26(20)24(18)25;1-7-14(5,8-2)12(16)11-13(17)15(6,9-3)10-4;/h7-14H,16-17H2,1-6H3;11,16H,7-10H2,1-6H3;/q-1;;/b;12-11-;. The quantitative estimate of drug-likeness (QED) is 0.0912. The smallest absolute Gasteiger partial charge is 0.164 e. The number of carbonyl (C=O) groups excluding carboxylic acids is 1. The van der Waals surface area contributed by atoms with Gasteiger partial charge in [0.2, 0.25) is 0 Å². The first-order chi connectivity index (χ1) is 22.4. The van der Waals surface area contributed by atoms with Crippen molar-refractivity contribution in [2.24, 2.45) is 21.7 Å². The molecule has 3 aromatic carbocycles. The fourth-order valence-corrected chi connectivity index (χ4v) is 6.39. The van der Waals surface area contributed by atoms with Gasteiger partial charge in [-0.05, 0) is 66.4 Å². The number of hydrogen-bond donors (Lipinski definition) is 1. The predicted octanol–water partition coefficient (Wildman–Crippen LogP) is 12.8. The van der Waals surface area contributed by atoms with Gasteiger partial charge >= 0.3 is 0 Å². The van der Waals surface area contributed by atoms with Crippen molar-refractivity contribution < 1.29 is 34.7 Å². The fraction of sp³-hybridized carbons (Fsp3) is 0.500. The van der Waals surface area contributed by atoms with Crippen molar-refractivity contribution in [3.8, 4) is 22.8 Å². The molecular formula is C44H58IrNO3-. The van der Waals surface area contributed by atoms with E-state index in [1.165, 1.54) is 28.0 Å². The summed E-state index contributed by atoms with van der Waals surface area (Å²) in [6.45, 7) is 25.8. The average molecular weight is 841 g/mol. The van der Waals surface area contributed by atoms with Gasteiger partial charge in [-0.1, -0.05) is 130 Å². The van der Waals surface area contributed by atoms with Crippen LogP contribution in [0, 0.1) is 27.7 Å². The van der Waals surface area contributed by atoms with Crippen molar-refractivity contribution in [3.63, 3.8) is 0 Å². The molecule has 0 fully saturated rings. The van der Waals surface area contributed by atoms with Gasteiger partial charge in [0.1, 0.15) is 11.5 Å². The second-order valence-electron chi connectivity index (χ2n) is 16.7. The maximum absolute atomic E-state index is 12.2. The summed E-state index contributed by atoms with van der Waals surface area (Å²) in [6.07, 6.45) is 8.54. The van der Waals surface area contributed by atoms with Gasteiger partial charge in [-0.15, -0.1) is 17.5 Å². The van der Waals surface area contributed by atoms with E-state index in [0.717, 1.165) is 72.1 Å². The molecule has 4 nitrogen and oxygen atoms in total. The number of ketones is 1. The molecule has 1 aliphatic heterocycles. The minimum Gasteiger partial charge on any atom is -0.512 e. The van der Waals surface area contributed by atoms with Crippen LogP contribution < -0.4 is 4.74 Å². The van der Waals surface area contributed by atoms with Crippen molar-refractivity contribution in [1.82, 2.24) is 4.98 Å². The number of benzene rings is 3. The monoisotopic (exact) mass is 841 g/mol. The number of pyridine rings is 1. The molecule has 49 heavy (non-hydrogen) atoms. The summed E-state index contributed by atoms with van der Waals surface area (Å²) >= 11 is 0. The number of allylic oxidation sites excluding steroid dienone is 2. The van der Waals surface area contributed by atoms with E-state index in [4.69, 9.17) is 9.72 Å². The van der Waals surface area contributed by atoms with Gasteiger partial charge in [0, 0.05) is 54.3 Å². The summed E-state index contributed by atoms with van der Waals surface area (Å²) in [5.41, 5.74) is 4.18. The number of ether oxygens (including phenoxy) is 1. The Kier molecular flexibility index (Phi) is 12.8. The van der Waals surface area contributed by atoms with Gasteiger partial charge in [0.05, 0.1) is 5.75 Å². The number of carbonyl (C=O) groups is 1. The molecule has 0 amide bonds. The topological polar surface area (TPSA) is 59.4 Å². The first-order valence-corrected chi connectivity index (χ1v) is 17.9. The Balaban J connectivity index is 0.000000312. The van der Waals surface area contributed by atoms with Crippen molar-refractivity contribution >= 4 is 27.3 Å². The van der Waals surface area contributed by atoms with Crippen LogP contribution in [0.5, 0.6) is 11.5 Å². The summed E-state index contributed by atoms with van der Waals surface area (Å²) < 4.78 is 6.84. The molecule has 267 valence electrons. The second kappa shape index (κ2) is 15.5. The molecule has 1 aromatic heterocycles. The van der Waals surface area contributed by atoms with Crippen LogP contribution in [0.2, 0.25) is 0 Å². The molecule has 5 rings (SSSR count). The largest absolute Gasteiger partial charge is 0.512 e. The first-order valence-electron chi connectivity index (χ1n) is 17.9. The number of fused-ring (bicyclic) bond motifs is 3. The minimum atomic E-state index is -0.337. The van der Waals surface area contributed by atoms with E-state index in [1.807, 2.05) is 47.7 Å². The molecule has 0 bridgehead atoms. The molecule has 0 saturated carbocycles. The Morgan fingerprint density at radius 1 is 0.796 bits per heavy atom. The molecule has 1 aliphatic rings. The molecule has 0 saturated heterocycles. The van der Waals surface area contributed by atoms with Crippen molar-refractivity contribution in [2.45, 2.75) is 122 Å². The Morgan fingerprint density at radius 2 is 1.39 bits per heavy atom. The molecule has 5 heteroatoms. The Hall–Kier alpha value is -3.01. The number of nitrogens with zero attached hydrogens (tertiary/aromatic N) is 1. The summed E-state index contributed by atoms with van der Waals surface area (Å²) in [4.78, 5) is 17.0. The van der Waals surface area contributed by atoms with Gasteiger partial charge in [0.25, 0.3) is 0 Å². The summed E-state index contributed by atoms with van der Waals surface area (Å²) in [5, 5.41) is 14.8. The number of aliphatic hydroxyl groups is 1. The van der Waals surface area contributed by atoms with Crippen LogP contribution in [0.3, 0.4) is 0 Å². The Morgan fingerprint density at radius 3 is 1.96 bits per heavy atom. The van der Waals surface area contributed by atoms with Crippen LogP contribution in [0.15, 0.2) is 60.5 Å². The van der Waals surface area contributed by atoms with E-state index >= 15 is 0 Å². The molecule has 1 radical (unpaired) electrons. The van der Waals surface area contributed by atoms with Crippen molar-refractivity contribution in [2.75, 3.05) is 0 Å². The van der Waals surface area contributed by atoms with Gasteiger partial charge in [0.15, 0.2) is 5.78 Å². The van der Waals surface area contributed by atoms with Crippen molar-refractivity contribution in [1.29, 1.82) is 0 Å². The van der Waals surface area contributed by atoms with Crippen LogP contribution >= 0.6 is 0 Å². The third-order valence-corrected chi connectivity index (χ3v) is 10.5. The molecule has 0 atom stereocenters. The molecule has 0 unspecified atom stereocenters. The molecule has 1 N–H and O–H groups in total. The SMILES string of the molecule is CC(C)(C)Cc1ccc2ccnc3c2c1Oc1c-3[c-]c2ccccc2c1CC(C)(C)C.CCC(C)(CC)C(=O)/C=C(\O)C(C)(CC)CC.[Ir]. The van der Waals surface area contributed by atoms with E-state index in [-0.39, 0.29) is 53.3 Å². The summed E-state index contributed by atoms with van der Waals surface area (Å²) in [5.74, 6) is 2.19. The predicted molar refractivity (Wildman–Crippen MR) is 203 cm³/mol. The molecule has 4 aromatic rings. The van der Waals surface area contributed by atoms with Crippen LogP contribution in [-0.4, -0.2) is 15.9 Å². The normalized spacial score (nSPS) is 13.3. The van der Waals surface area contributed by atoms with Crippen LogP contribution in [0.25, 0.3) is 32.8 Å². The minimum absolute atomic E-state index is 0. The van der Waals surface area contributed by atoms with Gasteiger partial charge in [-0.3, -0.25) is 9.78 Å². The van der Waals surface area contributed by atoms with Gasteiger partial charge in [-0.2, -0.15) is 0 Å². The first kappa shape index (κ1) is 40.4. The van der Waals surface area contributed by atoms with Gasteiger partial charge in [-0.25, -0.2) is 0 Å². The molecule has 0 spiro atoms. The maximum atomic E-state index is 12.2. The van der Waals surface area contributed by atoms with E-state index in [1.54, 1.807) is 0 Å². The Labute approximate surface area is 309 Å². The second-order valence-corrected chi connectivity index (χ2v) is 16.7. The number of hydrogen-bond acceptors (Lipinski definition) is 4. The van der Waals surface area contributed by atoms with E-state index in [2.05, 4.69) is 90.1 Å². The number of aromatic nitrogens is 1. The maximum Gasteiger partial charge on any atom is 0.164 e.